The van der Waals surface area contributed by atoms with Gasteiger partial charge in [-0.15, -0.1) is 0 Å². The number of nitrogens with one attached hydrogen (secondary N) is 2. The Labute approximate surface area is 199 Å². The number of hydrogen-bond donors (Lipinski definition) is 2. The Balaban J connectivity index is 1.29. The Morgan fingerprint density at radius 1 is 1.03 bits per heavy atom. The number of benzene rings is 2. The monoisotopic (exact) mass is 484 g/mol. The summed E-state index contributed by atoms with van der Waals surface area (Å²) in [5.41, 5.74) is 2.66. The number of aryl methyl sites for hydroxylation is 1. The molecule has 0 spiro atoms. The molecule has 0 bridgehead atoms. The predicted octanol–water partition coefficient (Wildman–Crippen LogP) is 3.94. The van der Waals surface area contributed by atoms with Gasteiger partial charge < -0.3 is 5.32 Å². The van der Waals surface area contributed by atoms with E-state index in [1.165, 1.54) is 12.1 Å². The van der Waals surface area contributed by atoms with Crippen molar-refractivity contribution >= 4 is 15.9 Å². The SMILES string of the molecule is C[C@@H](NC(=O)C1CCC(NS(=O)(=O)c2ccc(-c3cnn(C)c3)cc2)CC1)c1ccc(F)cc1. The zero-order valence-electron chi connectivity index (χ0n) is 19.2. The Morgan fingerprint density at radius 3 is 2.26 bits per heavy atom. The molecule has 1 saturated carbocycles. The first kappa shape index (κ1) is 24.1. The molecule has 3 aromatic rings. The molecule has 1 aliphatic rings. The summed E-state index contributed by atoms with van der Waals surface area (Å²) >= 11 is 0. The van der Waals surface area contributed by atoms with E-state index >= 15 is 0 Å². The molecule has 2 N–H and O–H groups in total. The molecule has 1 fully saturated rings. The van der Waals surface area contributed by atoms with E-state index in [2.05, 4.69) is 15.1 Å². The second-order valence-electron chi connectivity index (χ2n) is 8.88. The van der Waals surface area contributed by atoms with Crippen molar-refractivity contribution in [2.45, 2.75) is 49.6 Å². The van der Waals surface area contributed by atoms with Gasteiger partial charge in [-0.05, 0) is 68.0 Å². The summed E-state index contributed by atoms with van der Waals surface area (Å²) in [6.07, 6.45) is 6.00. The van der Waals surface area contributed by atoms with Crippen LogP contribution in [-0.4, -0.2) is 30.1 Å². The summed E-state index contributed by atoms with van der Waals surface area (Å²) in [6.45, 7) is 1.87. The molecule has 0 radical (unpaired) electrons. The molecule has 7 nitrogen and oxygen atoms in total. The third-order valence-corrected chi connectivity index (χ3v) is 7.89. The van der Waals surface area contributed by atoms with E-state index in [1.54, 1.807) is 47.3 Å². The molecular weight excluding hydrogens is 455 g/mol. The number of sulfonamides is 1. The van der Waals surface area contributed by atoms with Gasteiger partial charge in [0, 0.05) is 30.8 Å². The lowest BCUT2D eigenvalue weighted by atomic mass is 9.85. The number of carbonyl (C=O) groups excluding carboxylic acids is 1. The first-order valence-corrected chi connectivity index (χ1v) is 12.9. The van der Waals surface area contributed by atoms with Gasteiger partial charge in [0.2, 0.25) is 15.9 Å². The van der Waals surface area contributed by atoms with Crippen molar-refractivity contribution in [2.75, 3.05) is 0 Å². The van der Waals surface area contributed by atoms with E-state index in [4.69, 9.17) is 0 Å². The Kier molecular flexibility index (Phi) is 7.13. The third kappa shape index (κ3) is 5.71. The average molecular weight is 485 g/mol. The largest absolute Gasteiger partial charge is 0.349 e. The minimum Gasteiger partial charge on any atom is -0.349 e. The molecule has 1 aliphatic carbocycles. The summed E-state index contributed by atoms with van der Waals surface area (Å²) in [5.74, 6) is -0.529. The summed E-state index contributed by atoms with van der Waals surface area (Å²) in [5, 5.41) is 7.13. The van der Waals surface area contributed by atoms with Crippen molar-refractivity contribution in [1.82, 2.24) is 19.8 Å². The fraction of sp³-hybridized carbons (Fsp3) is 0.360. The quantitative estimate of drug-likeness (QED) is 0.531. The second kappa shape index (κ2) is 10.1. The Morgan fingerprint density at radius 2 is 1.68 bits per heavy atom. The fourth-order valence-corrected chi connectivity index (χ4v) is 5.63. The summed E-state index contributed by atoms with van der Waals surface area (Å²) in [7, 11) is -1.82. The smallest absolute Gasteiger partial charge is 0.240 e. The maximum Gasteiger partial charge on any atom is 0.240 e. The van der Waals surface area contributed by atoms with E-state index in [-0.39, 0.29) is 34.6 Å². The van der Waals surface area contributed by atoms with Gasteiger partial charge in [0.1, 0.15) is 5.82 Å². The molecule has 1 atom stereocenters. The fourth-order valence-electron chi connectivity index (χ4n) is 4.32. The standard InChI is InChI=1S/C25H29FN4O3S/c1-17(18-3-9-22(26)10-4-18)28-25(31)20-5-11-23(12-6-20)29-34(32,33)24-13-7-19(8-14-24)21-15-27-30(2)16-21/h3-4,7-10,13-17,20,23,29H,5-6,11-12H2,1-2H3,(H,28,31)/t17-,20?,23?/m1/s1. The highest BCUT2D eigenvalue weighted by molar-refractivity contribution is 7.89. The molecule has 1 amide bonds. The van der Waals surface area contributed by atoms with Gasteiger partial charge in [-0.1, -0.05) is 24.3 Å². The lowest BCUT2D eigenvalue weighted by Crippen LogP contribution is -2.41. The number of nitrogens with zero attached hydrogens (tertiary/aromatic N) is 2. The van der Waals surface area contributed by atoms with Gasteiger partial charge in [0.25, 0.3) is 0 Å². The van der Waals surface area contributed by atoms with Crippen LogP contribution in [0.3, 0.4) is 0 Å². The van der Waals surface area contributed by atoms with Crippen molar-refractivity contribution in [2.24, 2.45) is 13.0 Å². The van der Waals surface area contributed by atoms with Crippen molar-refractivity contribution in [3.63, 3.8) is 0 Å². The molecule has 1 aromatic heterocycles. The number of hydrogen-bond acceptors (Lipinski definition) is 4. The molecule has 0 unspecified atom stereocenters. The van der Waals surface area contributed by atoms with E-state index < -0.39 is 10.0 Å². The minimum atomic E-state index is -3.65. The Bertz CT molecular complexity index is 1230. The van der Waals surface area contributed by atoms with Crippen molar-refractivity contribution in [3.05, 3.63) is 72.3 Å². The molecule has 0 aliphatic heterocycles. The van der Waals surface area contributed by atoms with E-state index in [1.807, 2.05) is 20.2 Å². The molecule has 2 aromatic carbocycles. The average Bonchev–Trinajstić information content (AvgIpc) is 3.26. The molecule has 1 heterocycles. The molecule has 9 heteroatoms. The van der Waals surface area contributed by atoms with Gasteiger partial charge in [-0.3, -0.25) is 9.48 Å². The summed E-state index contributed by atoms with van der Waals surface area (Å²) in [6, 6.07) is 12.4. The van der Waals surface area contributed by atoms with Crippen LogP contribution in [0.25, 0.3) is 11.1 Å². The third-order valence-electron chi connectivity index (χ3n) is 6.35. The minimum absolute atomic E-state index is 0.0517. The van der Waals surface area contributed by atoms with Gasteiger partial charge in [-0.2, -0.15) is 5.10 Å². The van der Waals surface area contributed by atoms with Crippen LogP contribution in [0.15, 0.2) is 65.8 Å². The molecule has 0 saturated heterocycles. The molecule has 34 heavy (non-hydrogen) atoms. The second-order valence-corrected chi connectivity index (χ2v) is 10.6. The first-order chi connectivity index (χ1) is 16.2. The number of aromatic nitrogens is 2. The highest BCUT2D eigenvalue weighted by Gasteiger charge is 2.29. The van der Waals surface area contributed by atoms with Crippen LogP contribution in [0.1, 0.15) is 44.2 Å². The molecule has 180 valence electrons. The van der Waals surface area contributed by atoms with E-state index in [0.29, 0.717) is 25.7 Å². The van der Waals surface area contributed by atoms with Gasteiger partial charge in [0.05, 0.1) is 17.1 Å². The zero-order valence-corrected chi connectivity index (χ0v) is 20.1. The van der Waals surface area contributed by atoms with E-state index in [9.17, 15) is 17.6 Å². The van der Waals surface area contributed by atoms with Crippen LogP contribution < -0.4 is 10.0 Å². The maximum atomic E-state index is 13.1. The lowest BCUT2D eigenvalue weighted by molar-refractivity contribution is -0.126. The summed E-state index contributed by atoms with van der Waals surface area (Å²) < 4.78 is 43.3. The number of carbonyl (C=O) groups is 1. The number of amides is 1. The van der Waals surface area contributed by atoms with E-state index in [0.717, 1.165) is 16.7 Å². The van der Waals surface area contributed by atoms with Crippen LogP contribution >= 0.6 is 0 Å². The van der Waals surface area contributed by atoms with Gasteiger partial charge in [0.15, 0.2) is 0 Å². The topological polar surface area (TPSA) is 93.1 Å². The Hall–Kier alpha value is -3.04. The zero-order chi connectivity index (χ0) is 24.3. The van der Waals surface area contributed by atoms with Crippen LogP contribution in [0.5, 0.6) is 0 Å². The number of halogens is 1. The van der Waals surface area contributed by atoms with Crippen molar-refractivity contribution in [1.29, 1.82) is 0 Å². The van der Waals surface area contributed by atoms with Crippen LogP contribution in [0, 0.1) is 11.7 Å². The predicted molar refractivity (Wildman–Crippen MR) is 128 cm³/mol. The molecule has 4 rings (SSSR count). The first-order valence-electron chi connectivity index (χ1n) is 11.4. The van der Waals surface area contributed by atoms with Crippen LogP contribution in [-0.2, 0) is 21.9 Å². The van der Waals surface area contributed by atoms with Crippen LogP contribution in [0.2, 0.25) is 0 Å². The number of rotatable bonds is 7. The maximum absolute atomic E-state index is 13.1. The highest BCUT2D eigenvalue weighted by Crippen LogP contribution is 2.27. The normalized spacial score (nSPS) is 19.5. The highest BCUT2D eigenvalue weighted by atomic mass is 32.2. The van der Waals surface area contributed by atoms with Crippen molar-refractivity contribution in [3.8, 4) is 11.1 Å². The van der Waals surface area contributed by atoms with Gasteiger partial charge >= 0.3 is 0 Å². The summed E-state index contributed by atoms with van der Waals surface area (Å²) in [4.78, 5) is 12.9. The van der Waals surface area contributed by atoms with Crippen LogP contribution in [0.4, 0.5) is 4.39 Å². The lowest BCUT2D eigenvalue weighted by Gasteiger charge is -2.29. The molecular formula is C25H29FN4O3S. The van der Waals surface area contributed by atoms with Crippen molar-refractivity contribution < 1.29 is 17.6 Å². The van der Waals surface area contributed by atoms with Gasteiger partial charge in [-0.25, -0.2) is 17.5 Å².